The summed E-state index contributed by atoms with van der Waals surface area (Å²) in [5.41, 5.74) is -1.69. The van der Waals surface area contributed by atoms with Crippen molar-refractivity contribution in [1.29, 1.82) is 0 Å². The summed E-state index contributed by atoms with van der Waals surface area (Å²) >= 11 is 0. The number of hydrogen-bond acceptors (Lipinski definition) is 10. The first-order valence-corrected chi connectivity index (χ1v) is 12.5. The van der Waals surface area contributed by atoms with E-state index in [0.717, 1.165) is 6.07 Å². The fourth-order valence-electron chi connectivity index (χ4n) is 6.79. The van der Waals surface area contributed by atoms with Crippen molar-refractivity contribution < 1.29 is 42.7 Å². The average molecular weight is 538 g/mol. The van der Waals surface area contributed by atoms with E-state index in [1.165, 1.54) is 43.9 Å². The number of non-ortho nitro benzene ring substituents is 1. The Labute approximate surface area is 223 Å². The van der Waals surface area contributed by atoms with Crippen LogP contribution in [0.25, 0.3) is 0 Å². The number of benzene rings is 1. The first-order chi connectivity index (χ1) is 18.5. The van der Waals surface area contributed by atoms with Crippen molar-refractivity contribution in [2.24, 2.45) is 28.6 Å². The van der Waals surface area contributed by atoms with Crippen molar-refractivity contribution in [3.05, 3.63) is 75.9 Å². The first kappa shape index (κ1) is 26.3. The molecule has 0 spiro atoms. The number of nitro groups is 1. The van der Waals surface area contributed by atoms with Gasteiger partial charge in [0.2, 0.25) is 5.78 Å². The SMILES string of the molecule is COC(=O)[C@@H]1C=C(OC(=O)c2cccc([N+](=O)[O-])c2)C(=O)[C@H]2[C@@]1(C)CC[C@H]1C(=O)O[C@H](c3ccoc3)C[C@]21C. The van der Waals surface area contributed by atoms with E-state index < -0.39 is 63.3 Å². The zero-order valence-electron chi connectivity index (χ0n) is 21.6. The molecule has 1 aromatic carbocycles. The average Bonchev–Trinajstić information content (AvgIpc) is 3.44. The smallest absolute Gasteiger partial charge is 0.343 e. The van der Waals surface area contributed by atoms with Crippen LogP contribution in [-0.2, 0) is 28.6 Å². The molecule has 0 bridgehead atoms. The van der Waals surface area contributed by atoms with E-state index in [4.69, 9.17) is 18.6 Å². The fourth-order valence-corrected chi connectivity index (χ4v) is 6.79. The van der Waals surface area contributed by atoms with E-state index >= 15 is 0 Å². The van der Waals surface area contributed by atoms with Gasteiger partial charge in [0.05, 0.1) is 42.0 Å². The lowest BCUT2D eigenvalue weighted by atomic mass is 9.44. The number of rotatable bonds is 5. The highest BCUT2D eigenvalue weighted by Gasteiger charge is 2.66. The minimum atomic E-state index is -0.984. The number of hydrogen-bond donors (Lipinski definition) is 0. The quantitative estimate of drug-likeness (QED) is 0.233. The van der Waals surface area contributed by atoms with Crippen LogP contribution in [0, 0.1) is 38.7 Å². The van der Waals surface area contributed by atoms with Gasteiger partial charge < -0.3 is 18.6 Å². The van der Waals surface area contributed by atoms with Crippen LogP contribution >= 0.6 is 0 Å². The van der Waals surface area contributed by atoms with Crippen molar-refractivity contribution in [1.82, 2.24) is 0 Å². The van der Waals surface area contributed by atoms with Gasteiger partial charge >= 0.3 is 17.9 Å². The molecule has 1 aliphatic heterocycles. The molecule has 0 amide bonds. The number of allylic oxidation sites excluding steroid dienone is 1. The topological polar surface area (TPSA) is 152 Å². The minimum Gasteiger partial charge on any atom is -0.472 e. The van der Waals surface area contributed by atoms with Crippen LogP contribution in [0.1, 0.15) is 55.1 Å². The highest BCUT2D eigenvalue weighted by molar-refractivity contribution is 6.03. The summed E-state index contributed by atoms with van der Waals surface area (Å²) in [5.74, 6) is -5.37. The van der Waals surface area contributed by atoms with Crippen LogP contribution in [0.4, 0.5) is 5.69 Å². The molecule has 1 saturated heterocycles. The summed E-state index contributed by atoms with van der Waals surface area (Å²) < 4.78 is 21.5. The number of cyclic esters (lactones) is 1. The molecule has 204 valence electrons. The summed E-state index contributed by atoms with van der Waals surface area (Å²) in [6.07, 6.45) is 4.64. The maximum atomic E-state index is 14.1. The number of nitrogens with zero attached hydrogens (tertiary/aromatic N) is 1. The molecule has 6 atom stereocenters. The molecule has 0 radical (unpaired) electrons. The van der Waals surface area contributed by atoms with Crippen LogP contribution < -0.4 is 0 Å². The molecule has 5 rings (SSSR count). The van der Waals surface area contributed by atoms with E-state index in [9.17, 15) is 29.3 Å². The van der Waals surface area contributed by atoms with Gasteiger partial charge in [0.25, 0.3) is 5.69 Å². The zero-order valence-corrected chi connectivity index (χ0v) is 21.6. The van der Waals surface area contributed by atoms with Gasteiger partial charge in [-0.1, -0.05) is 19.9 Å². The van der Waals surface area contributed by atoms with Gasteiger partial charge in [-0.15, -0.1) is 0 Å². The number of fused-ring (bicyclic) bond motifs is 3. The lowest BCUT2D eigenvalue weighted by Crippen LogP contribution is -2.61. The normalized spacial score (nSPS) is 31.7. The Hall–Kier alpha value is -4.28. The van der Waals surface area contributed by atoms with Crippen LogP contribution in [0.3, 0.4) is 0 Å². The molecular formula is C28H27NO10. The second-order valence-corrected chi connectivity index (χ2v) is 10.8. The molecule has 2 fully saturated rings. The first-order valence-electron chi connectivity index (χ1n) is 12.5. The Kier molecular flexibility index (Phi) is 6.40. The third-order valence-corrected chi connectivity index (χ3v) is 8.65. The molecule has 0 unspecified atom stereocenters. The monoisotopic (exact) mass is 537 g/mol. The van der Waals surface area contributed by atoms with Crippen molar-refractivity contribution >= 4 is 29.4 Å². The van der Waals surface area contributed by atoms with Gasteiger partial charge in [0, 0.05) is 23.6 Å². The lowest BCUT2D eigenvalue weighted by Gasteiger charge is -2.59. The van der Waals surface area contributed by atoms with Crippen molar-refractivity contribution in [2.75, 3.05) is 7.11 Å². The second-order valence-electron chi connectivity index (χ2n) is 10.8. The second kappa shape index (κ2) is 9.48. The van der Waals surface area contributed by atoms with Gasteiger partial charge in [0.15, 0.2) is 5.76 Å². The van der Waals surface area contributed by atoms with E-state index in [-0.39, 0.29) is 23.4 Å². The molecule has 1 aromatic heterocycles. The van der Waals surface area contributed by atoms with Gasteiger partial charge in [-0.25, -0.2) is 4.79 Å². The van der Waals surface area contributed by atoms with Gasteiger partial charge in [0.1, 0.15) is 6.10 Å². The third kappa shape index (κ3) is 4.21. The Balaban J connectivity index is 1.56. The van der Waals surface area contributed by atoms with E-state index in [0.29, 0.717) is 18.4 Å². The van der Waals surface area contributed by atoms with E-state index in [1.807, 2.05) is 13.8 Å². The number of carbonyl (C=O) groups excluding carboxylic acids is 4. The maximum absolute atomic E-state index is 14.1. The number of ether oxygens (including phenoxy) is 3. The molecule has 2 heterocycles. The summed E-state index contributed by atoms with van der Waals surface area (Å²) in [4.78, 5) is 63.9. The summed E-state index contributed by atoms with van der Waals surface area (Å²) in [7, 11) is 1.24. The van der Waals surface area contributed by atoms with Crippen LogP contribution in [0.2, 0.25) is 0 Å². The molecule has 0 N–H and O–H groups in total. The molecular weight excluding hydrogens is 510 g/mol. The minimum absolute atomic E-state index is 0.130. The summed E-state index contributed by atoms with van der Waals surface area (Å²) in [6.45, 7) is 3.66. The highest BCUT2D eigenvalue weighted by Crippen LogP contribution is 2.64. The van der Waals surface area contributed by atoms with Gasteiger partial charge in [-0.2, -0.15) is 0 Å². The molecule has 11 nitrogen and oxygen atoms in total. The van der Waals surface area contributed by atoms with Crippen molar-refractivity contribution in [3.63, 3.8) is 0 Å². The Morgan fingerprint density at radius 3 is 2.59 bits per heavy atom. The molecule has 39 heavy (non-hydrogen) atoms. The molecule has 2 aliphatic carbocycles. The van der Waals surface area contributed by atoms with Gasteiger partial charge in [-0.3, -0.25) is 24.5 Å². The molecule has 2 aromatic rings. The standard InChI is InChI=1S/C28H27NO10/c1-27-9-7-18-26(33)39-21(16-8-10-37-14-16)13-28(18,2)23(27)22(30)20(12-19(27)25(32)36-3)38-24(31)15-5-4-6-17(11-15)29(34)35/h4-6,8,10-12,14,18-19,21,23H,7,9,13H2,1-3H3/t18-,19-,21-,23-,27-,28-/m0/s1. The fraction of sp³-hybridized carbons (Fsp3) is 0.429. The number of ketones is 1. The Bertz CT molecular complexity index is 1390. The van der Waals surface area contributed by atoms with Crippen LogP contribution in [0.5, 0.6) is 0 Å². The number of furan rings is 1. The highest BCUT2D eigenvalue weighted by atomic mass is 16.6. The largest absolute Gasteiger partial charge is 0.472 e. The van der Waals surface area contributed by atoms with Crippen LogP contribution in [-0.4, -0.2) is 35.7 Å². The zero-order chi connectivity index (χ0) is 28.1. The lowest BCUT2D eigenvalue weighted by molar-refractivity contribution is -0.384. The van der Waals surface area contributed by atoms with Crippen molar-refractivity contribution in [3.8, 4) is 0 Å². The van der Waals surface area contributed by atoms with Crippen molar-refractivity contribution in [2.45, 2.75) is 39.2 Å². The maximum Gasteiger partial charge on any atom is 0.343 e. The van der Waals surface area contributed by atoms with E-state index in [2.05, 4.69) is 0 Å². The van der Waals surface area contributed by atoms with Gasteiger partial charge in [-0.05, 0) is 48.3 Å². The predicted octanol–water partition coefficient (Wildman–Crippen LogP) is 4.33. The Morgan fingerprint density at radius 1 is 1.15 bits per heavy atom. The number of Topliss-reactive ketones (excluding diaryl/α,β-unsaturated/α-hetero) is 1. The predicted molar refractivity (Wildman–Crippen MR) is 132 cm³/mol. The molecule has 11 heteroatoms. The number of methoxy groups -OCH3 is 1. The number of carbonyl (C=O) groups is 4. The van der Waals surface area contributed by atoms with E-state index in [1.54, 1.807) is 6.07 Å². The number of esters is 3. The third-order valence-electron chi connectivity index (χ3n) is 8.65. The van der Waals surface area contributed by atoms with Crippen LogP contribution in [0.15, 0.2) is 59.1 Å². The summed E-state index contributed by atoms with van der Waals surface area (Å²) in [6, 6.07) is 6.62. The Morgan fingerprint density at radius 2 is 1.92 bits per heavy atom. The molecule has 3 aliphatic rings. The number of nitro benzene ring substituents is 1. The molecule has 1 saturated carbocycles. The summed E-state index contributed by atoms with van der Waals surface area (Å²) in [5, 5.41) is 11.2.